The monoisotopic (exact) mass is 346 g/mol. The predicted octanol–water partition coefficient (Wildman–Crippen LogP) is 3.80. The molecule has 0 saturated heterocycles. The van der Waals surface area contributed by atoms with Crippen LogP contribution < -0.4 is 0 Å². The highest BCUT2D eigenvalue weighted by atomic mass is 19.1. The summed E-state index contributed by atoms with van der Waals surface area (Å²) >= 11 is 0. The van der Waals surface area contributed by atoms with E-state index in [1.807, 2.05) is 24.3 Å². The molecule has 0 amide bonds. The average molecular weight is 346 g/mol. The Morgan fingerprint density at radius 3 is 2.69 bits per heavy atom. The molecule has 5 rings (SSSR count). The fraction of sp³-hybridized carbons (Fsp3) is 0.150. The van der Waals surface area contributed by atoms with Gasteiger partial charge in [0.1, 0.15) is 5.82 Å². The molecule has 128 valence electrons. The first-order valence-electron chi connectivity index (χ1n) is 8.50. The van der Waals surface area contributed by atoms with Crippen molar-refractivity contribution in [1.29, 1.82) is 0 Å². The Morgan fingerprint density at radius 1 is 1.08 bits per heavy atom. The van der Waals surface area contributed by atoms with E-state index in [9.17, 15) is 9.18 Å². The standard InChI is InChI=1S/C20H15FN4O/c21-14-7-5-12(6-8-14)13-9-18-15(19(26)10-13)11-22-25(18)20-23-16-3-1-2-4-17(16)24-20/h1-8,11,13H,9-10H2,(H,23,24)/t13-/m1/s1. The molecule has 0 radical (unpaired) electrons. The molecular weight excluding hydrogens is 331 g/mol. The van der Waals surface area contributed by atoms with Crippen LogP contribution in [-0.4, -0.2) is 25.5 Å². The maximum atomic E-state index is 13.2. The number of carbonyl (C=O) groups excluding carboxylic acids is 1. The van der Waals surface area contributed by atoms with Crippen molar-refractivity contribution < 1.29 is 9.18 Å². The number of para-hydroxylation sites is 2. The molecule has 5 nitrogen and oxygen atoms in total. The van der Waals surface area contributed by atoms with Crippen molar-refractivity contribution in [3.05, 3.63) is 77.4 Å². The molecule has 0 unspecified atom stereocenters. The number of benzene rings is 2. The molecule has 26 heavy (non-hydrogen) atoms. The molecule has 0 aliphatic heterocycles. The summed E-state index contributed by atoms with van der Waals surface area (Å²) in [5.41, 5.74) is 4.22. The molecule has 0 saturated carbocycles. The second-order valence-corrected chi connectivity index (χ2v) is 6.57. The van der Waals surface area contributed by atoms with E-state index in [4.69, 9.17) is 0 Å². The van der Waals surface area contributed by atoms with Gasteiger partial charge >= 0.3 is 0 Å². The average Bonchev–Trinajstić information content (AvgIpc) is 3.26. The third-order valence-electron chi connectivity index (χ3n) is 4.96. The first-order chi connectivity index (χ1) is 12.7. The number of fused-ring (bicyclic) bond motifs is 2. The van der Waals surface area contributed by atoms with Gasteiger partial charge in [-0.05, 0) is 42.2 Å². The second-order valence-electron chi connectivity index (χ2n) is 6.57. The van der Waals surface area contributed by atoms with Crippen LogP contribution in [-0.2, 0) is 6.42 Å². The SMILES string of the molecule is O=C1C[C@H](c2ccc(F)cc2)Cc2c1cnn2-c1nc2ccccc2[nH]1. The van der Waals surface area contributed by atoms with E-state index in [0.717, 1.165) is 22.3 Å². The van der Waals surface area contributed by atoms with E-state index in [-0.39, 0.29) is 17.5 Å². The number of imidazole rings is 1. The van der Waals surface area contributed by atoms with E-state index in [1.165, 1.54) is 12.1 Å². The molecule has 6 heteroatoms. The number of halogens is 1. The first kappa shape index (κ1) is 15.0. The van der Waals surface area contributed by atoms with Crippen LogP contribution in [0.2, 0.25) is 0 Å². The van der Waals surface area contributed by atoms with E-state index < -0.39 is 0 Å². The van der Waals surface area contributed by atoms with Gasteiger partial charge in [-0.1, -0.05) is 24.3 Å². The lowest BCUT2D eigenvalue weighted by Crippen LogP contribution is -2.20. The predicted molar refractivity (Wildman–Crippen MR) is 95.0 cm³/mol. The summed E-state index contributed by atoms with van der Waals surface area (Å²) in [7, 11) is 0. The smallest absolute Gasteiger partial charge is 0.229 e. The Balaban J connectivity index is 1.57. The minimum atomic E-state index is -0.274. The molecule has 0 spiro atoms. The summed E-state index contributed by atoms with van der Waals surface area (Å²) in [4.78, 5) is 20.4. The number of hydrogen-bond acceptors (Lipinski definition) is 3. The van der Waals surface area contributed by atoms with Crippen LogP contribution in [0.5, 0.6) is 0 Å². The minimum Gasteiger partial charge on any atom is -0.322 e. The fourth-order valence-electron chi connectivity index (χ4n) is 3.64. The van der Waals surface area contributed by atoms with Crippen LogP contribution in [0, 0.1) is 5.82 Å². The van der Waals surface area contributed by atoms with Gasteiger partial charge in [0.2, 0.25) is 5.95 Å². The number of rotatable bonds is 2. The largest absolute Gasteiger partial charge is 0.322 e. The van der Waals surface area contributed by atoms with Crippen LogP contribution in [0.3, 0.4) is 0 Å². The Bertz CT molecular complexity index is 1090. The highest BCUT2D eigenvalue weighted by Crippen LogP contribution is 2.33. The second kappa shape index (κ2) is 5.62. The summed E-state index contributed by atoms with van der Waals surface area (Å²) in [6.07, 6.45) is 2.68. The lowest BCUT2D eigenvalue weighted by molar-refractivity contribution is 0.0963. The quantitative estimate of drug-likeness (QED) is 0.600. The lowest BCUT2D eigenvalue weighted by atomic mass is 9.82. The highest BCUT2D eigenvalue weighted by molar-refractivity contribution is 5.98. The van der Waals surface area contributed by atoms with Gasteiger partial charge in [0.25, 0.3) is 0 Å². The molecule has 4 aromatic rings. The number of Topliss-reactive ketones (excluding diaryl/α,β-unsaturated/α-hetero) is 1. The lowest BCUT2D eigenvalue weighted by Gasteiger charge is -2.22. The van der Waals surface area contributed by atoms with Gasteiger partial charge in [-0.2, -0.15) is 5.10 Å². The van der Waals surface area contributed by atoms with Crippen molar-refractivity contribution in [2.24, 2.45) is 0 Å². The van der Waals surface area contributed by atoms with E-state index in [0.29, 0.717) is 24.4 Å². The zero-order valence-electron chi connectivity index (χ0n) is 13.8. The first-order valence-corrected chi connectivity index (χ1v) is 8.50. The zero-order valence-corrected chi connectivity index (χ0v) is 13.8. The molecule has 1 N–H and O–H groups in total. The summed E-state index contributed by atoms with van der Waals surface area (Å²) in [6.45, 7) is 0. The van der Waals surface area contributed by atoms with Gasteiger partial charge in [-0.15, -0.1) is 0 Å². The maximum Gasteiger partial charge on any atom is 0.229 e. The van der Waals surface area contributed by atoms with Crippen molar-refractivity contribution in [3.8, 4) is 5.95 Å². The van der Waals surface area contributed by atoms with Crippen molar-refractivity contribution in [3.63, 3.8) is 0 Å². The number of ketones is 1. The van der Waals surface area contributed by atoms with Gasteiger partial charge < -0.3 is 4.98 Å². The minimum absolute atomic E-state index is 0.00966. The molecule has 2 heterocycles. The molecule has 1 aliphatic rings. The zero-order chi connectivity index (χ0) is 17.7. The number of aromatic nitrogens is 4. The Kier molecular flexibility index (Phi) is 3.25. The van der Waals surface area contributed by atoms with Crippen LogP contribution in [0.1, 0.15) is 34.0 Å². The van der Waals surface area contributed by atoms with Crippen molar-refractivity contribution >= 4 is 16.8 Å². The normalized spacial score (nSPS) is 16.8. The summed E-state index contributed by atoms with van der Waals surface area (Å²) in [5, 5.41) is 4.40. The van der Waals surface area contributed by atoms with Crippen LogP contribution in [0.15, 0.2) is 54.7 Å². The number of H-pyrrole nitrogens is 1. The van der Waals surface area contributed by atoms with Crippen molar-refractivity contribution in [2.45, 2.75) is 18.8 Å². The van der Waals surface area contributed by atoms with E-state index in [1.54, 1.807) is 23.0 Å². The Hall–Kier alpha value is -3.28. The molecule has 1 atom stereocenters. The van der Waals surface area contributed by atoms with Crippen LogP contribution >= 0.6 is 0 Å². The van der Waals surface area contributed by atoms with E-state index in [2.05, 4.69) is 15.1 Å². The Labute approximate surface area is 148 Å². The number of hydrogen-bond donors (Lipinski definition) is 1. The van der Waals surface area contributed by atoms with Gasteiger partial charge in [0, 0.05) is 6.42 Å². The van der Waals surface area contributed by atoms with Gasteiger partial charge in [-0.3, -0.25) is 4.79 Å². The van der Waals surface area contributed by atoms with Crippen LogP contribution in [0.4, 0.5) is 4.39 Å². The molecule has 2 aromatic carbocycles. The molecule has 0 bridgehead atoms. The van der Waals surface area contributed by atoms with Gasteiger partial charge in [0.05, 0.1) is 28.5 Å². The Morgan fingerprint density at radius 2 is 1.88 bits per heavy atom. The summed E-state index contributed by atoms with van der Waals surface area (Å²) in [6, 6.07) is 14.1. The van der Waals surface area contributed by atoms with E-state index >= 15 is 0 Å². The number of nitrogens with zero attached hydrogens (tertiary/aromatic N) is 3. The molecule has 1 aliphatic carbocycles. The topological polar surface area (TPSA) is 63.6 Å². The van der Waals surface area contributed by atoms with Crippen molar-refractivity contribution in [2.75, 3.05) is 0 Å². The van der Waals surface area contributed by atoms with Crippen LogP contribution in [0.25, 0.3) is 17.0 Å². The third-order valence-corrected chi connectivity index (χ3v) is 4.96. The fourth-order valence-corrected chi connectivity index (χ4v) is 3.64. The third kappa shape index (κ3) is 2.34. The number of aromatic amines is 1. The molecular formula is C20H15FN4O. The van der Waals surface area contributed by atoms with Gasteiger partial charge in [-0.25, -0.2) is 14.1 Å². The van der Waals surface area contributed by atoms with Crippen molar-refractivity contribution in [1.82, 2.24) is 19.7 Å². The summed E-state index contributed by atoms with van der Waals surface area (Å²) in [5.74, 6) is 0.391. The number of carbonyl (C=O) groups is 1. The summed E-state index contributed by atoms with van der Waals surface area (Å²) < 4.78 is 14.9. The van der Waals surface area contributed by atoms with Gasteiger partial charge in [0.15, 0.2) is 5.78 Å². The molecule has 0 fully saturated rings. The highest BCUT2D eigenvalue weighted by Gasteiger charge is 2.30. The molecule has 2 aromatic heterocycles. The number of nitrogens with one attached hydrogen (secondary N) is 1. The maximum absolute atomic E-state index is 13.2.